The van der Waals surface area contributed by atoms with Gasteiger partial charge in [-0.2, -0.15) is 0 Å². The van der Waals surface area contributed by atoms with Crippen molar-refractivity contribution in [1.29, 1.82) is 0 Å². The van der Waals surface area contributed by atoms with Gasteiger partial charge in [-0.1, -0.05) is 35.9 Å². The summed E-state index contributed by atoms with van der Waals surface area (Å²) in [5.74, 6) is -0.620. The quantitative estimate of drug-likeness (QED) is 0.862. The third-order valence-corrected chi connectivity index (χ3v) is 5.45. The molecule has 2 aromatic carbocycles. The number of rotatable bonds is 4. The molecule has 4 rings (SSSR count). The number of halogens is 1. The smallest absolute Gasteiger partial charge is 0.256 e. The van der Waals surface area contributed by atoms with E-state index in [4.69, 9.17) is 11.6 Å². The molecule has 1 fully saturated rings. The largest absolute Gasteiger partial charge is 0.350 e. The zero-order chi connectivity index (χ0) is 19.7. The number of anilines is 1. The molecule has 0 aromatic heterocycles. The van der Waals surface area contributed by atoms with Gasteiger partial charge in [-0.3, -0.25) is 14.4 Å². The Hall–Kier alpha value is -2.86. The van der Waals surface area contributed by atoms with Gasteiger partial charge in [-0.25, -0.2) is 0 Å². The Morgan fingerprint density at radius 2 is 1.86 bits per heavy atom. The number of benzene rings is 2. The predicted molar refractivity (Wildman–Crippen MR) is 106 cm³/mol. The maximum atomic E-state index is 13.1. The van der Waals surface area contributed by atoms with Crippen LogP contribution in [0.2, 0.25) is 5.02 Å². The first kappa shape index (κ1) is 18.5. The molecule has 0 saturated carbocycles. The zero-order valence-corrected chi connectivity index (χ0v) is 16.0. The van der Waals surface area contributed by atoms with Gasteiger partial charge in [0.1, 0.15) is 12.6 Å². The van der Waals surface area contributed by atoms with Crippen LogP contribution in [0.15, 0.2) is 48.5 Å². The van der Waals surface area contributed by atoms with Crippen LogP contribution in [0.5, 0.6) is 0 Å². The Morgan fingerprint density at radius 3 is 2.64 bits per heavy atom. The minimum atomic E-state index is -0.496. The summed E-state index contributed by atoms with van der Waals surface area (Å²) >= 11 is 5.88. The van der Waals surface area contributed by atoms with Crippen molar-refractivity contribution in [1.82, 2.24) is 10.2 Å². The van der Waals surface area contributed by atoms with Crippen molar-refractivity contribution < 1.29 is 14.4 Å². The number of carbonyl (C=O) groups is 3. The normalized spacial score (nSPS) is 18.5. The van der Waals surface area contributed by atoms with E-state index >= 15 is 0 Å². The van der Waals surface area contributed by atoms with Crippen molar-refractivity contribution in [3.63, 3.8) is 0 Å². The molecule has 7 heteroatoms. The van der Waals surface area contributed by atoms with Crippen LogP contribution < -0.4 is 10.2 Å². The Labute approximate surface area is 168 Å². The van der Waals surface area contributed by atoms with E-state index in [0.717, 1.165) is 12.0 Å². The van der Waals surface area contributed by atoms with Crippen molar-refractivity contribution in [2.24, 2.45) is 0 Å². The van der Waals surface area contributed by atoms with E-state index in [9.17, 15) is 14.4 Å². The zero-order valence-electron chi connectivity index (χ0n) is 15.2. The minimum Gasteiger partial charge on any atom is -0.350 e. The molecule has 0 bridgehead atoms. The molecule has 3 amide bonds. The Morgan fingerprint density at radius 1 is 1.11 bits per heavy atom. The Balaban J connectivity index is 1.54. The number of para-hydroxylation sites is 1. The van der Waals surface area contributed by atoms with Gasteiger partial charge in [-0.15, -0.1) is 0 Å². The maximum absolute atomic E-state index is 13.1. The first-order chi connectivity index (χ1) is 13.5. The number of amides is 3. The molecule has 28 heavy (non-hydrogen) atoms. The van der Waals surface area contributed by atoms with Crippen LogP contribution in [0, 0.1) is 0 Å². The van der Waals surface area contributed by atoms with E-state index in [1.165, 1.54) is 4.90 Å². The Bertz CT molecular complexity index is 929. The molecule has 1 N–H and O–H groups in total. The topological polar surface area (TPSA) is 69.7 Å². The lowest BCUT2D eigenvalue weighted by atomic mass is 10.1. The molecule has 0 radical (unpaired) electrons. The highest BCUT2D eigenvalue weighted by molar-refractivity contribution is 6.30. The first-order valence-electron chi connectivity index (χ1n) is 9.27. The number of hydrogen-bond donors (Lipinski definition) is 1. The molecule has 144 valence electrons. The molecule has 2 aliphatic rings. The summed E-state index contributed by atoms with van der Waals surface area (Å²) in [5, 5.41) is 3.47. The van der Waals surface area contributed by atoms with E-state index in [2.05, 4.69) is 5.32 Å². The fourth-order valence-electron chi connectivity index (χ4n) is 3.78. The van der Waals surface area contributed by atoms with Crippen LogP contribution in [-0.4, -0.2) is 41.8 Å². The van der Waals surface area contributed by atoms with Gasteiger partial charge < -0.3 is 15.1 Å². The van der Waals surface area contributed by atoms with Gasteiger partial charge in [0, 0.05) is 18.1 Å². The number of carbonyl (C=O) groups excluding carboxylic acids is 3. The number of nitrogens with one attached hydrogen (secondary N) is 1. The van der Waals surface area contributed by atoms with Gasteiger partial charge in [0.25, 0.3) is 5.91 Å². The standard InChI is InChI=1S/C21H20ClN3O3/c22-15-9-7-14(8-10-15)12-23-19(26)13-25-17-5-2-1-4-16(17)20(27)24-11-3-6-18(24)21(25)28/h1-2,4-5,7-10,18H,3,6,11-13H2,(H,23,26)/t18-/m1/s1. The van der Waals surface area contributed by atoms with Gasteiger partial charge in [0.05, 0.1) is 11.3 Å². The second-order valence-corrected chi connectivity index (χ2v) is 7.44. The monoisotopic (exact) mass is 397 g/mol. The lowest BCUT2D eigenvalue weighted by Gasteiger charge is -2.25. The highest BCUT2D eigenvalue weighted by Crippen LogP contribution is 2.32. The SMILES string of the molecule is O=C(CN1C(=O)[C@H]2CCCN2C(=O)c2ccccc21)NCc1ccc(Cl)cc1. The van der Waals surface area contributed by atoms with E-state index in [1.54, 1.807) is 41.3 Å². The van der Waals surface area contributed by atoms with Gasteiger partial charge in [0.15, 0.2) is 0 Å². The molecule has 2 aliphatic heterocycles. The fourth-order valence-corrected chi connectivity index (χ4v) is 3.90. The molecule has 2 heterocycles. The molecule has 0 spiro atoms. The van der Waals surface area contributed by atoms with E-state index in [-0.39, 0.29) is 24.3 Å². The van der Waals surface area contributed by atoms with Crippen molar-refractivity contribution in [3.8, 4) is 0 Å². The number of hydrogen-bond acceptors (Lipinski definition) is 3. The van der Waals surface area contributed by atoms with Crippen LogP contribution in [0.4, 0.5) is 5.69 Å². The molecule has 6 nitrogen and oxygen atoms in total. The summed E-state index contributed by atoms with van der Waals surface area (Å²) in [7, 11) is 0. The summed E-state index contributed by atoms with van der Waals surface area (Å²) in [5.41, 5.74) is 1.87. The van der Waals surface area contributed by atoms with Crippen molar-refractivity contribution in [2.75, 3.05) is 18.0 Å². The number of nitrogens with zero attached hydrogens (tertiary/aromatic N) is 2. The first-order valence-corrected chi connectivity index (χ1v) is 9.65. The van der Waals surface area contributed by atoms with E-state index in [1.807, 2.05) is 12.1 Å². The van der Waals surface area contributed by atoms with Crippen LogP contribution in [0.25, 0.3) is 0 Å². The van der Waals surface area contributed by atoms with Gasteiger partial charge in [-0.05, 0) is 42.7 Å². The second kappa shape index (κ2) is 7.64. The Kier molecular flexibility index (Phi) is 5.05. The average Bonchev–Trinajstić information content (AvgIpc) is 3.18. The fraction of sp³-hybridized carbons (Fsp3) is 0.286. The van der Waals surface area contributed by atoms with Gasteiger partial charge in [0.2, 0.25) is 11.8 Å². The lowest BCUT2D eigenvalue weighted by molar-refractivity contribution is -0.125. The highest BCUT2D eigenvalue weighted by Gasteiger charge is 2.42. The molecular weight excluding hydrogens is 378 g/mol. The molecular formula is C21H20ClN3O3. The predicted octanol–water partition coefficient (Wildman–Crippen LogP) is 2.61. The summed E-state index contributed by atoms with van der Waals surface area (Å²) in [6.45, 7) is 0.787. The molecule has 0 aliphatic carbocycles. The highest BCUT2D eigenvalue weighted by atomic mass is 35.5. The van der Waals surface area contributed by atoms with Crippen molar-refractivity contribution in [3.05, 3.63) is 64.7 Å². The van der Waals surface area contributed by atoms with E-state index in [0.29, 0.717) is 35.8 Å². The lowest BCUT2D eigenvalue weighted by Crippen LogP contribution is -2.48. The summed E-state index contributed by atoms with van der Waals surface area (Å²) in [6, 6.07) is 13.7. The third kappa shape index (κ3) is 3.47. The molecule has 2 aromatic rings. The molecule has 1 saturated heterocycles. The maximum Gasteiger partial charge on any atom is 0.256 e. The third-order valence-electron chi connectivity index (χ3n) is 5.19. The van der Waals surface area contributed by atoms with Gasteiger partial charge >= 0.3 is 0 Å². The molecule has 0 unspecified atom stereocenters. The van der Waals surface area contributed by atoms with Crippen molar-refractivity contribution >= 4 is 35.0 Å². The van der Waals surface area contributed by atoms with Crippen LogP contribution in [-0.2, 0) is 16.1 Å². The second-order valence-electron chi connectivity index (χ2n) is 7.00. The minimum absolute atomic E-state index is 0.124. The van der Waals surface area contributed by atoms with Crippen molar-refractivity contribution in [2.45, 2.75) is 25.4 Å². The molecule has 1 atom stereocenters. The van der Waals surface area contributed by atoms with Crippen LogP contribution >= 0.6 is 11.6 Å². The average molecular weight is 398 g/mol. The summed E-state index contributed by atoms with van der Waals surface area (Å²) in [6.07, 6.45) is 1.42. The number of fused-ring (bicyclic) bond motifs is 2. The summed E-state index contributed by atoms with van der Waals surface area (Å²) < 4.78 is 0. The summed E-state index contributed by atoms with van der Waals surface area (Å²) in [4.78, 5) is 41.6. The van der Waals surface area contributed by atoms with Crippen LogP contribution in [0.3, 0.4) is 0 Å². The van der Waals surface area contributed by atoms with Crippen LogP contribution in [0.1, 0.15) is 28.8 Å². The van der Waals surface area contributed by atoms with E-state index < -0.39 is 6.04 Å².